The van der Waals surface area contributed by atoms with E-state index in [2.05, 4.69) is 16.8 Å². The zero-order valence-electron chi connectivity index (χ0n) is 19.7. The molecule has 1 aromatic heterocycles. The van der Waals surface area contributed by atoms with Gasteiger partial charge in [0, 0.05) is 41.0 Å². The molecule has 1 fully saturated rings. The van der Waals surface area contributed by atoms with Gasteiger partial charge in [0.2, 0.25) is 0 Å². The minimum absolute atomic E-state index is 0.00178. The van der Waals surface area contributed by atoms with Gasteiger partial charge in [0.15, 0.2) is 0 Å². The number of benzene rings is 2. The fourth-order valence-electron chi connectivity index (χ4n) is 4.54. The number of nitrogens with two attached hydrogens (primary N) is 1. The Balaban J connectivity index is 1.66. The summed E-state index contributed by atoms with van der Waals surface area (Å²) in [6.07, 6.45) is 6.30. The molecular formula is C28H30F2N4S. The van der Waals surface area contributed by atoms with Gasteiger partial charge in [-0.15, -0.1) is 11.3 Å². The molecule has 0 spiro atoms. The van der Waals surface area contributed by atoms with Crippen LogP contribution in [0.3, 0.4) is 0 Å². The van der Waals surface area contributed by atoms with Gasteiger partial charge in [-0.1, -0.05) is 18.7 Å². The fraction of sp³-hybridized carbons (Fsp3) is 0.321. The van der Waals surface area contributed by atoms with E-state index in [1.54, 1.807) is 29.7 Å². The van der Waals surface area contributed by atoms with Crippen LogP contribution in [-0.4, -0.2) is 25.7 Å². The Morgan fingerprint density at radius 2 is 1.86 bits per heavy atom. The number of nitrogens with one attached hydrogen (secondary N) is 1. The minimum atomic E-state index is -0.564. The first-order chi connectivity index (χ1) is 17.0. The van der Waals surface area contributed by atoms with Crippen LogP contribution in [-0.2, 0) is 6.42 Å². The van der Waals surface area contributed by atoms with Crippen molar-refractivity contribution in [1.82, 2.24) is 5.32 Å². The summed E-state index contributed by atoms with van der Waals surface area (Å²) < 4.78 is 29.6. The van der Waals surface area contributed by atoms with Crippen LogP contribution in [0.25, 0.3) is 21.6 Å². The molecule has 2 heterocycles. The van der Waals surface area contributed by atoms with Gasteiger partial charge in [-0.3, -0.25) is 0 Å². The van der Waals surface area contributed by atoms with E-state index in [-0.39, 0.29) is 17.4 Å². The van der Waals surface area contributed by atoms with E-state index >= 15 is 4.39 Å². The molecule has 2 aromatic carbocycles. The molecule has 3 N–H and O–H groups in total. The smallest absolute Gasteiger partial charge is 0.147 e. The third-order valence-corrected chi connectivity index (χ3v) is 7.55. The van der Waals surface area contributed by atoms with Gasteiger partial charge in [0.25, 0.3) is 0 Å². The molecule has 0 amide bonds. The van der Waals surface area contributed by atoms with Crippen LogP contribution in [0.1, 0.15) is 36.1 Å². The predicted octanol–water partition coefficient (Wildman–Crippen LogP) is 6.22. The van der Waals surface area contributed by atoms with Crippen LogP contribution in [0.5, 0.6) is 0 Å². The Labute approximate surface area is 209 Å². The van der Waals surface area contributed by atoms with Crippen molar-refractivity contribution < 1.29 is 8.78 Å². The highest BCUT2D eigenvalue weighted by Crippen LogP contribution is 2.41. The van der Waals surface area contributed by atoms with Gasteiger partial charge in [-0.2, -0.15) is 5.26 Å². The van der Waals surface area contributed by atoms with Gasteiger partial charge < -0.3 is 16.0 Å². The lowest BCUT2D eigenvalue weighted by Gasteiger charge is -2.18. The van der Waals surface area contributed by atoms with Crippen molar-refractivity contribution >= 4 is 17.0 Å². The Kier molecular flexibility index (Phi) is 8.17. The second-order valence-corrected chi connectivity index (χ2v) is 10.0. The fourth-order valence-corrected chi connectivity index (χ4v) is 5.80. The topological polar surface area (TPSA) is 65.1 Å². The van der Waals surface area contributed by atoms with E-state index in [0.717, 1.165) is 66.2 Å². The molecule has 7 heteroatoms. The predicted molar refractivity (Wildman–Crippen MR) is 140 cm³/mol. The van der Waals surface area contributed by atoms with Crippen LogP contribution in [0.2, 0.25) is 0 Å². The number of nitrogens with zero attached hydrogens (tertiary/aromatic N) is 2. The van der Waals surface area contributed by atoms with Crippen LogP contribution in [0.4, 0.5) is 14.5 Å². The molecule has 4 rings (SSSR count). The lowest BCUT2D eigenvalue weighted by Crippen LogP contribution is -2.23. The number of hydrogen-bond donors (Lipinski definition) is 2. The summed E-state index contributed by atoms with van der Waals surface area (Å²) in [4.78, 5) is 4.01. The highest BCUT2D eigenvalue weighted by atomic mass is 32.1. The van der Waals surface area contributed by atoms with Crippen molar-refractivity contribution in [2.45, 2.75) is 38.1 Å². The van der Waals surface area contributed by atoms with Crippen molar-refractivity contribution in [3.63, 3.8) is 0 Å². The number of rotatable bonds is 10. The molecule has 1 unspecified atom stereocenters. The lowest BCUT2D eigenvalue weighted by molar-refractivity contribution is 0.574. The van der Waals surface area contributed by atoms with Crippen molar-refractivity contribution in [1.29, 1.82) is 5.26 Å². The van der Waals surface area contributed by atoms with Crippen LogP contribution < -0.4 is 16.0 Å². The molecule has 1 aliphatic rings. The van der Waals surface area contributed by atoms with Crippen molar-refractivity contribution in [3.8, 4) is 27.6 Å². The van der Waals surface area contributed by atoms with E-state index in [4.69, 9.17) is 11.0 Å². The van der Waals surface area contributed by atoms with E-state index in [0.29, 0.717) is 17.7 Å². The van der Waals surface area contributed by atoms with E-state index < -0.39 is 5.82 Å². The highest BCUT2D eigenvalue weighted by molar-refractivity contribution is 7.16. The average molecular weight is 493 g/mol. The lowest BCUT2D eigenvalue weighted by atomic mass is 9.99. The average Bonchev–Trinajstić information content (AvgIpc) is 3.52. The maximum atomic E-state index is 15.1. The third-order valence-electron chi connectivity index (χ3n) is 6.34. The zero-order valence-corrected chi connectivity index (χ0v) is 20.5. The number of nitriles is 1. The summed E-state index contributed by atoms with van der Waals surface area (Å²) in [5, 5.41) is 12.2. The third kappa shape index (κ3) is 5.90. The van der Waals surface area contributed by atoms with E-state index in [1.807, 2.05) is 24.3 Å². The number of hydrogen-bond acceptors (Lipinski definition) is 5. The summed E-state index contributed by atoms with van der Waals surface area (Å²) >= 11 is 1.56. The second-order valence-electron chi connectivity index (χ2n) is 8.89. The molecule has 3 aromatic rings. The first-order valence-corrected chi connectivity index (χ1v) is 12.8. The van der Waals surface area contributed by atoms with Gasteiger partial charge in [-0.05, 0) is 79.8 Å². The number of halogens is 2. The first kappa shape index (κ1) is 24.9. The molecule has 4 nitrogen and oxygen atoms in total. The van der Waals surface area contributed by atoms with Gasteiger partial charge in [0.1, 0.15) is 17.7 Å². The molecule has 182 valence electrons. The first-order valence-electron chi connectivity index (χ1n) is 12.0. The summed E-state index contributed by atoms with van der Waals surface area (Å²) in [6, 6.07) is 13.8. The quantitative estimate of drug-likeness (QED) is 0.330. The summed E-state index contributed by atoms with van der Waals surface area (Å²) in [5.41, 5.74) is 9.26. The molecular weight excluding hydrogens is 462 g/mol. The van der Waals surface area contributed by atoms with Crippen molar-refractivity contribution in [3.05, 3.63) is 77.3 Å². The zero-order chi connectivity index (χ0) is 24.8. The van der Waals surface area contributed by atoms with Crippen LogP contribution >= 0.6 is 11.3 Å². The van der Waals surface area contributed by atoms with Crippen molar-refractivity contribution in [2.75, 3.05) is 24.5 Å². The Morgan fingerprint density at radius 1 is 1.11 bits per heavy atom. The Hall–Kier alpha value is -3.21. The summed E-state index contributed by atoms with van der Waals surface area (Å²) in [6.45, 7) is 6.22. The molecule has 0 radical (unpaired) electrons. The van der Waals surface area contributed by atoms with Crippen LogP contribution in [0, 0.1) is 23.0 Å². The molecule has 0 bridgehead atoms. The normalized spacial score (nSPS) is 14.1. The molecule has 1 atom stereocenters. The maximum Gasteiger partial charge on any atom is 0.147 e. The van der Waals surface area contributed by atoms with Crippen LogP contribution in [0.15, 0.2) is 55.2 Å². The Bertz CT molecular complexity index is 1220. The Morgan fingerprint density at radius 3 is 2.54 bits per heavy atom. The maximum absolute atomic E-state index is 15.1. The van der Waals surface area contributed by atoms with E-state index in [9.17, 15) is 4.39 Å². The van der Waals surface area contributed by atoms with Gasteiger partial charge >= 0.3 is 0 Å². The molecule has 1 saturated heterocycles. The van der Waals surface area contributed by atoms with Gasteiger partial charge in [-0.25, -0.2) is 8.78 Å². The molecule has 1 aliphatic heterocycles. The van der Waals surface area contributed by atoms with E-state index in [1.165, 1.54) is 12.1 Å². The summed E-state index contributed by atoms with van der Waals surface area (Å²) in [5.74, 6) is -0.812. The summed E-state index contributed by atoms with van der Waals surface area (Å²) in [7, 11) is 0. The standard InChI is InChI=1S/C28H30F2N4S/c1-2-33-11-5-6-22(32)16-23-17-24(19-7-8-21(18-31)25(29)14-19)28(35-23)20-9-10-27(26(30)15-20)34-12-3-4-13-34/h2,7-10,14-15,17,22,33H,1,3-6,11-13,16,32H2. The largest absolute Gasteiger partial charge is 0.391 e. The molecule has 0 aliphatic carbocycles. The minimum Gasteiger partial charge on any atom is -0.391 e. The van der Waals surface area contributed by atoms with Crippen molar-refractivity contribution in [2.24, 2.45) is 5.73 Å². The number of thiophene rings is 1. The second kappa shape index (κ2) is 11.5. The number of anilines is 1. The highest BCUT2D eigenvalue weighted by Gasteiger charge is 2.20. The van der Waals surface area contributed by atoms with Gasteiger partial charge in [0.05, 0.1) is 11.3 Å². The monoisotopic (exact) mass is 492 g/mol. The molecule has 0 saturated carbocycles. The SMILES string of the molecule is C=CNCCCC(N)Cc1cc(-c2ccc(C#N)c(F)c2)c(-c2ccc(N3CCCC3)c(F)c2)s1. The molecule has 35 heavy (non-hydrogen) atoms.